The molecule has 0 aliphatic carbocycles. The van der Waals surface area contributed by atoms with E-state index < -0.39 is 0 Å². The summed E-state index contributed by atoms with van der Waals surface area (Å²) in [6.07, 6.45) is 3.13. The van der Waals surface area contributed by atoms with Crippen molar-refractivity contribution in [1.82, 2.24) is 10.3 Å². The number of methoxy groups -OCH3 is 1. The minimum Gasteiger partial charge on any atom is -0.497 e. The van der Waals surface area contributed by atoms with Crippen molar-refractivity contribution < 1.29 is 9.53 Å². The van der Waals surface area contributed by atoms with Gasteiger partial charge in [0.25, 0.3) is 0 Å². The molecule has 1 aromatic heterocycles. The predicted octanol–water partition coefficient (Wildman–Crippen LogP) is 3.96. The van der Waals surface area contributed by atoms with E-state index in [-0.39, 0.29) is 11.8 Å². The number of amides is 1. The number of fused-ring (bicyclic) bond motifs is 1. The zero-order valence-electron chi connectivity index (χ0n) is 17.9. The van der Waals surface area contributed by atoms with Crippen molar-refractivity contribution in [2.45, 2.75) is 26.3 Å². The first-order valence-electron chi connectivity index (χ1n) is 10.5. The molecule has 2 heterocycles. The molecule has 6 nitrogen and oxygen atoms in total. The van der Waals surface area contributed by atoms with Gasteiger partial charge in [0.2, 0.25) is 5.91 Å². The van der Waals surface area contributed by atoms with Crippen molar-refractivity contribution in [2.75, 3.05) is 25.1 Å². The minimum atomic E-state index is -0.0186. The molecule has 1 saturated heterocycles. The number of aromatic nitrogens is 1. The van der Waals surface area contributed by atoms with Crippen LogP contribution in [0.3, 0.4) is 0 Å². The van der Waals surface area contributed by atoms with Crippen LogP contribution in [0.15, 0.2) is 48.7 Å². The highest BCUT2D eigenvalue weighted by Crippen LogP contribution is 2.34. The van der Waals surface area contributed by atoms with Gasteiger partial charge < -0.3 is 15.0 Å². The smallest absolute Gasteiger partial charge is 0.223 e. The third kappa shape index (κ3) is 4.46. The Morgan fingerprint density at radius 1 is 1.23 bits per heavy atom. The number of carbonyl (C=O) groups excluding carboxylic acids is 1. The van der Waals surface area contributed by atoms with Crippen LogP contribution in [0.2, 0.25) is 0 Å². The Morgan fingerprint density at radius 2 is 1.97 bits per heavy atom. The van der Waals surface area contributed by atoms with Gasteiger partial charge in [0, 0.05) is 37.1 Å². The molecule has 31 heavy (non-hydrogen) atoms. The van der Waals surface area contributed by atoms with Gasteiger partial charge in [-0.1, -0.05) is 29.8 Å². The van der Waals surface area contributed by atoms with Gasteiger partial charge in [0.1, 0.15) is 11.8 Å². The van der Waals surface area contributed by atoms with E-state index in [0.29, 0.717) is 25.2 Å². The Morgan fingerprint density at radius 3 is 2.65 bits per heavy atom. The van der Waals surface area contributed by atoms with Gasteiger partial charge in [-0.25, -0.2) is 0 Å². The van der Waals surface area contributed by atoms with E-state index in [9.17, 15) is 10.1 Å². The fourth-order valence-corrected chi connectivity index (χ4v) is 4.11. The molecule has 3 aromatic rings. The van der Waals surface area contributed by atoms with E-state index >= 15 is 0 Å². The van der Waals surface area contributed by atoms with E-state index in [0.717, 1.165) is 40.7 Å². The summed E-state index contributed by atoms with van der Waals surface area (Å²) >= 11 is 0. The number of rotatable bonds is 5. The number of aryl methyl sites for hydroxylation is 1. The van der Waals surface area contributed by atoms with Gasteiger partial charge in [-0.3, -0.25) is 9.78 Å². The number of nitrogens with one attached hydrogen (secondary N) is 1. The van der Waals surface area contributed by atoms with E-state index in [2.05, 4.69) is 40.3 Å². The molecule has 1 N–H and O–H groups in total. The Hall–Kier alpha value is -3.59. The number of ether oxygens (including phenoxy) is 1. The monoisotopic (exact) mass is 414 g/mol. The second kappa shape index (κ2) is 9.05. The van der Waals surface area contributed by atoms with Crippen LogP contribution in [0.1, 0.15) is 29.5 Å². The molecule has 1 aliphatic heterocycles. The Kier molecular flexibility index (Phi) is 6.03. The molecule has 4 rings (SSSR count). The van der Waals surface area contributed by atoms with Gasteiger partial charge >= 0.3 is 0 Å². The summed E-state index contributed by atoms with van der Waals surface area (Å²) in [4.78, 5) is 19.3. The SMILES string of the molecule is COc1ccc2ncc(C#N)c(N3CCC(C(=O)NCc4ccc(C)cc4)CC3)c2c1. The highest BCUT2D eigenvalue weighted by molar-refractivity contribution is 5.95. The number of hydrogen-bond donors (Lipinski definition) is 1. The summed E-state index contributed by atoms with van der Waals surface area (Å²) in [6.45, 7) is 4.03. The number of anilines is 1. The summed E-state index contributed by atoms with van der Waals surface area (Å²) in [6, 6.07) is 16.2. The van der Waals surface area contributed by atoms with E-state index in [1.807, 2.05) is 30.3 Å². The molecule has 0 saturated carbocycles. The maximum atomic E-state index is 12.7. The van der Waals surface area contributed by atoms with Gasteiger partial charge in [-0.2, -0.15) is 5.26 Å². The molecule has 2 aromatic carbocycles. The summed E-state index contributed by atoms with van der Waals surface area (Å²) in [5.74, 6) is 0.813. The largest absolute Gasteiger partial charge is 0.497 e. The molecule has 0 spiro atoms. The van der Waals surface area contributed by atoms with Crippen molar-refractivity contribution in [2.24, 2.45) is 5.92 Å². The standard InChI is InChI=1S/C25H26N4O2/c1-17-3-5-18(6-4-17)15-28-25(30)19-9-11-29(12-10-19)24-20(14-26)16-27-23-8-7-21(31-2)13-22(23)24/h3-8,13,16,19H,9-12,15H2,1-2H3,(H,28,30). The Bertz CT molecular complexity index is 1130. The second-order valence-electron chi connectivity index (χ2n) is 7.98. The lowest BCUT2D eigenvalue weighted by Crippen LogP contribution is -2.40. The first-order chi connectivity index (χ1) is 15.1. The van der Waals surface area contributed by atoms with Crippen LogP contribution in [0.5, 0.6) is 5.75 Å². The van der Waals surface area contributed by atoms with Crippen molar-refractivity contribution in [3.05, 3.63) is 65.4 Å². The van der Waals surface area contributed by atoms with Gasteiger partial charge in [0.05, 0.1) is 23.9 Å². The third-order valence-corrected chi connectivity index (χ3v) is 5.94. The molecule has 0 unspecified atom stereocenters. The topological polar surface area (TPSA) is 78.2 Å². The third-order valence-electron chi connectivity index (χ3n) is 5.94. The molecule has 1 fully saturated rings. The zero-order valence-corrected chi connectivity index (χ0v) is 17.9. The zero-order chi connectivity index (χ0) is 21.8. The molecule has 0 radical (unpaired) electrons. The molecule has 158 valence electrons. The maximum absolute atomic E-state index is 12.7. The average molecular weight is 415 g/mol. The minimum absolute atomic E-state index is 0.0186. The highest BCUT2D eigenvalue weighted by Gasteiger charge is 2.27. The van der Waals surface area contributed by atoms with Crippen LogP contribution in [0.25, 0.3) is 10.9 Å². The fourth-order valence-electron chi connectivity index (χ4n) is 4.11. The number of hydrogen-bond acceptors (Lipinski definition) is 5. The van der Waals surface area contributed by atoms with Crippen molar-refractivity contribution in [3.63, 3.8) is 0 Å². The van der Waals surface area contributed by atoms with Crippen LogP contribution >= 0.6 is 0 Å². The molecular weight excluding hydrogens is 388 g/mol. The van der Waals surface area contributed by atoms with Crippen molar-refractivity contribution in [3.8, 4) is 11.8 Å². The highest BCUT2D eigenvalue weighted by atomic mass is 16.5. The molecular formula is C25H26N4O2. The fraction of sp³-hybridized carbons (Fsp3) is 0.320. The normalized spacial score (nSPS) is 14.3. The number of benzene rings is 2. The van der Waals surface area contributed by atoms with Gasteiger partial charge in [0.15, 0.2) is 0 Å². The summed E-state index contributed by atoms with van der Waals surface area (Å²) < 4.78 is 5.37. The lowest BCUT2D eigenvalue weighted by Gasteiger charge is -2.34. The number of nitrogens with zero attached hydrogens (tertiary/aromatic N) is 3. The lowest BCUT2D eigenvalue weighted by molar-refractivity contribution is -0.125. The van der Waals surface area contributed by atoms with E-state index in [1.165, 1.54) is 5.56 Å². The average Bonchev–Trinajstić information content (AvgIpc) is 2.82. The molecule has 0 bridgehead atoms. The van der Waals surface area contributed by atoms with E-state index in [4.69, 9.17) is 4.74 Å². The number of pyridine rings is 1. The van der Waals surface area contributed by atoms with Gasteiger partial charge in [-0.05, 0) is 43.5 Å². The van der Waals surface area contributed by atoms with Crippen LogP contribution in [-0.4, -0.2) is 31.1 Å². The Balaban J connectivity index is 1.46. The first kappa shape index (κ1) is 20.7. The molecule has 0 atom stereocenters. The number of piperidine rings is 1. The van der Waals surface area contributed by atoms with Crippen molar-refractivity contribution in [1.29, 1.82) is 5.26 Å². The quantitative estimate of drug-likeness (QED) is 0.684. The molecule has 1 amide bonds. The van der Waals surface area contributed by atoms with Crippen LogP contribution in [0, 0.1) is 24.2 Å². The first-order valence-corrected chi connectivity index (χ1v) is 10.5. The van der Waals surface area contributed by atoms with Crippen molar-refractivity contribution >= 4 is 22.5 Å². The van der Waals surface area contributed by atoms with E-state index in [1.54, 1.807) is 13.3 Å². The number of carbonyl (C=O) groups is 1. The molecule has 6 heteroatoms. The Labute approximate surface area is 182 Å². The summed E-state index contributed by atoms with van der Waals surface area (Å²) in [7, 11) is 1.63. The second-order valence-corrected chi connectivity index (χ2v) is 7.98. The lowest BCUT2D eigenvalue weighted by atomic mass is 9.94. The summed E-state index contributed by atoms with van der Waals surface area (Å²) in [5.41, 5.74) is 4.56. The molecule has 1 aliphatic rings. The predicted molar refractivity (Wildman–Crippen MR) is 121 cm³/mol. The van der Waals surface area contributed by atoms with Crippen LogP contribution < -0.4 is 15.0 Å². The summed E-state index contributed by atoms with van der Waals surface area (Å²) in [5, 5.41) is 13.6. The van der Waals surface area contributed by atoms with Crippen LogP contribution in [0.4, 0.5) is 5.69 Å². The number of nitriles is 1. The van der Waals surface area contributed by atoms with Gasteiger partial charge in [-0.15, -0.1) is 0 Å². The maximum Gasteiger partial charge on any atom is 0.223 e. The van der Waals surface area contributed by atoms with Crippen LogP contribution in [-0.2, 0) is 11.3 Å².